The molecule has 2 aliphatic rings. The lowest BCUT2D eigenvalue weighted by Crippen LogP contribution is -2.65. The maximum atomic E-state index is 11.0. The molecule has 4 atom stereocenters. The van der Waals surface area contributed by atoms with E-state index in [0.29, 0.717) is 12.5 Å². The molecule has 1 saturated heterocycles. The summed E-state index contributed by atoms with van der Waals surface area (Å²) in [6.45, 7) is 0.692. The van der Waals surface area contributed by atoms with Gasteiger partial charge < -0.3 is 15.8 Å². The number of fused-ring (bicyclic) bond motifs is 1. The summed E-state index contributed by atoms with van der Waals surface area (Å²) in [7, 11) is 0. The molecule has 19 heavy (non-hydrogen) atoms. The summed E-state index contributed by atoms with van der Waals surface area (Å²) in [6, 6.07) is 1.07. The normalized spacial score (nSPS) is 32.5. The van der Waals surface area contributed by atoms with Crippen molar-refractivity contribution in [3.05, 3.63) is 27.4 Å². The van der Waals surface area contributed by atoms with Gasteiger partial charge >= 0.3 is 5.69 Å². The molecule has 102 valence electrons. The van der Waals surface area contributed by atoms with Gasteiger partial charge in [-0.15, -0.1) is 0 Å². The van der Waals surface area contributed by atoms with Gasteiger partial charge in [-0.2, -0.15) is 0 Å². The Balaban J connectivity index is 1.82. The molecule has 4 unspecified atom stereocenters. The Morgan fingerprint density at radius 1 is 1.63 bits per heavy atom. The molecule has 1 aromatic heterocycles. The zero-order chi connectivity index (χ0) is 13.6. The first kappa shape index (κ1) is 12.6. The van der Waals surface area contributed by atoms with Crippen molar-refractivity contribution in [3.8, 4) is 0 Å². The van der Waals surface area contributed by atoms with E-state index in [2.05, 4.69) is 10.3 Å². The van der Waals surface area contributed by atoms with Crippen LogP contribution >= 0.6 is 11.6 Å². The van der Waals surface area contributed by atoms with E-state index in [1.165, 1.54) is 12.3 Å². The van der Waals surface area contributed by atoms with E-state index in [1.54, 1.807) is 0 Å². The second-order valence-corrected chi connectivity index (χ2v) is 5.25. The fourth-order valence-electron chi connectivity index (χ4n) is 2.76. The number of hydrogen-bond acceptors (Lipinski definition) is 6. The Bertz CT molecular complexity index is 527. The number of pyridine rings is 1. The van der Waals surface area contributed by atoms with Crippen LogP contribution in [0.1, 0.15) is 6.42 Å². The summed E-state index contributed by atoms with van der Waals surface area (Å²) >= 11 is 5.72. The van der Waals surface area contributed by atoms with Crippen molar-refractivity contribution in [2.75, 3.05) is 11.9 Å². The Labute approximate surface area is 114 Å². The second kappa shape index (κ2) is 4.59. The fourth-order valence-corrected chi connectivity index (χ4v) is 2.92. The molecular weight excluding hydrogens is 272 g/mol. The van der Waals surface area contributed by atoms with Gasteiger partial charge in [-0.05, 0) is 6.42 Å². The molecule has 0 bridgehead atoms. The largest absolute Gasteiger partial charge is 0.376 e. The highest BCUT2D eigenvalue weighted by atomic mass is 35.5. The molecule has 3 rings (SSSR count). The van der Waals surface area contributed by atoms with Crippen molar-refractivity contribution < 1.29 is 9.66 Å². The van der Waals surface area contributed by atoms with Crippen LogP contribution in [-0.2, 0) is 4.74 Å². The van der Waals surface area contributed by atoms with Crippen LogP contribution in [-0.4, -0.2) is 34.7 Å². The number of halogens is 1. The fraction of sp³-hybridized carbons (Fsp3) is 0.545. The smallest absolute Gasteiger partial charge is 0.312 e. The van der Waals surface area contributed by atoms with Gasteiger partial charge in [0.05, 0.1) is 22.1 Å². The van der Waals surface area contributed by atoms with Crippen LogP contribution in [0.3, 0.4) is 0 Å². The SMILES string of the molecule is NC1C2CCOC2C1Nc1ncc(Cl)cc1[N+](=O)[O-]. The van der Waals surface area contributed by atoms with Crippen molar-refractivity contribution in [2.24, 2.45) is 11.7 Å². The number of nitro groups is 1. The number of rotatable bonds is 3. The molecule has 2 fully saturated rings. The molecule has 0 spiro atoms. The van der Waals surface area contributed by atoms with Crippen molar-refractivity contribution in [2.45, 2.75) is 24.6 Å². The van der Waals surface area contributed by atoms with E-state index in [9.17, 15) is 10.1 Å². The number of aromatic nitrogens is 1. The average molecular weight is 285 g/mol. The molecule has 0 aromatic carbocycles. The summed E-state index contributed by atoms with van der Waals surface area (Å²) in [5.74, 6) is 0.521. The lowest BCUT2D eigenvalue weighted by atomic mass is 9.72. The first-order valence-electron chi connectivity index (χ1n) is 6.01. The van der Waals surface area contributed by atoms with Gasteiger partial charge in [-0.3, -0.25) is 10.1 Å². The average Bonchev–Trinajstić information content (AvgIpc) is 2.81. The highest BCUT2D eigenvalue weighted by Crippen LogP contribution is 2.40. The number of ether oxygens (including phenoxy) is 1. The van der Waals surface area contributed by atoms with Gasteiger partial charge in [0, 0.05) is 30.8 Å². The van der Waals surface area contributed by atoms with Gasteiger partial charge in [0.25, 0.3) is 0 Å². The lowest BCUT2D eigenvalue weighted by molar-refractivity contribution is -0.384. The van der Waals surface area contributed by atoms with Gasteiger partial charge in [0.1, 0.15) is 0 Å². The molecule has 1 aromatic rings. The molecule has 0 radical (unpaired) electrons. The summed E-state index contributed by atoms with van der Waals surface area (Å²) in [5, 5.41) is 14.2. The molecule has 8 heteroatoms. The van der Waals surface area contributed by atoms with E-state index >= 15 is 0 Å². The van der Waals surface area contributed by atoms with Crippen LogP contribution in [0.25, 0.3) is 0 Å². The molecular formula is C11H13ClN4O3. The number of hydrogen-bond donors (Lipinski definition) is 2. The third-order valence-corrected chi connectivity index (χ3v) is 3.99. The first-order valence-corrected chi connectivity index (χ1v) is 6.39. The Kier molecular flexibility index (Phi) is 3.04. The molecule has 2 heterocycles. The van der Waals surface area contributed by atoms with E-state index in [0.717, 1.165) is 6.42 Å². The zero-order valence-electron chi connectivity index (χ0n) is 9.95. The van der Waals surface area contributed by atoms with Crippen molar-refractivity contribution in [1.29, 1.82) is 0 Å². The van der Waals surface area contributed by atoms with Crippen LogP contribution in [0.5, 0.6) is 0 Å². The van der Waals surface area contributed by atoms with Crippen molar-refractivity contribution in [1.82, 2.24) is 4.98 Å². The van der Waals surface area contributed by atoms with E-state index in [1.807, 2.05) is 0 Å². The number of nitrogens with zero attached hydrogens (tertiary/aromatic N) is 2. The highest BCUT2D eigenvalue weighted by molar-refractivity contribution is 6.30. The van der Waals surface area contributed by atoms with Crippen LogP contribution in [0.15, 0.2) is 12.3 Å². The Hall–Kier alpha value is -1.44. The van der Waals surface area contributed by atoms with Gasteiger partial charge in [-0.25, -0.2) is 4.98 Å². The monoisotopic (exact) mass is 284 g/mol. The van der Waals surface area contributed by atoms with Crippen LogP contribution < -0.4 is 11.1 Å². The van der Waals surface area contributed by atoms with Crippen LogP contribution in [0.2, 0.25) is 5.02 Å². The topological polar surface area (TPSA) is 103 Å². The third-order valence-electron chi connectivity index (χ3n) is 3.78. The van der Waals surface area contributed by atoms with E-state index in [-0.39, 0.29) is 34.7 Å². The standard InChI is InChI=1S/C11H13ClN4O3/c12-5-3-7(16(17)18)11(14-4-5)15-9-8(13)6-1-2-19-10(6)9/h3-4,6,8-10H,1-2,13H2,(H,14,15). The lowest BCUT2D eigenvalue weighted by Gasteiger charge is -2.45. The molecule has 1 aliphatic carbocycles. The summed E-state index contributed by atoms with van der Waals surface area (Å²) < 4.78 is 5.56. The minimum absolute atomic E-state index is 0.0204. The van der Waals surface area contributed by atoms with Crippen molar-refractivity contribution >= 4 is 23.1 Å². The van der Waals surface area contributed by atoms with Gasteiger partial charge in [-0.1, -0.05) is 11.6 Å². The Morgan fingerprint density at radius 3 is 3.16 bits per heavy atom. The summed E-state index contributed by atoms with van der Waals surface area (Å²) in [6.07, 6.45) is 2.33. The number of anilines is 1. The predicted molar refractivity (Wildman–Crippen MR) is 69.1 cm³/mol. The molecule has 7 nitrogen and oxygen atoms in total. The number of nitrogens with two attached hydrogens (primary N) is 1. The predicted octanol–water partition coefficient (Wildman–Crippen LogP) is 1.17. The van der Waals surface area contributed by atoms with Crippen LogP contribution in [0, 0.1) is 16.0 Å². The van der Waals surface area contributed by atoms with Crippen LogP contribution in [0.4, 0.5) is 11.5 Å². The first-order chi connectivity index (χ1) is 9.08. The third kappa shape index (κ3) is 2.03. The highest BCUT2D eigenvalue weighted by Gasteiger charge is 2.52. The summed E-state index contributed by atoms with van der Waals surface area (Å²) in [4.78, 5) is 14.4. The minimum Gasteiger partial charge on any atom is -0.376 e. The molecule has 1 saturated carbocycles. The van der Waals surface area contributed by atoms with E-state index in [4.69, 9.17) is 22.1 Å². The zero-order valence-corrected chi connectivity index (χ0v) is 10.7. The molecule has 0 amide bonds. The minimum atomic E-state index is -0.515. The molecule has 1 aliphatic heterocycles. The maximum absolute atomic E-state index is 11.0. The Morgan fingerprint density at radius 2 is 2.42 bits per heavy atom. The van der Waals surface area contributed by atoms with E-state index < -0.39 is 4.92 Å². The molecule has 3 N–H and O–H groups in total. The van der Waals surface area contributed by atoms with Gasteiger partial charge in [0.2, 0.25) is 5.82 Å². The number of nitrogens with one attached hydrogen (secondary N) is 1. The maximum Gasteiger partial charge on any atom is 0.312 e. The second-order valence-electron chi connectivity index (χ2n) is 4.81. The van der Waals surface area contributed by atoms with Crippen molar-refractivity contribution in [3.63, 3.8) is 0 Å². The summed E-state index contributed by atoms with van der Waals surface area (Å²) in [5.41, 5.74) is 5.89. The quantitative estimate of drug-likeness (QED) is 0.638. The van der Waals surface area contributed by atoms with Gasteiger partial charge in [0.15, 0.2) is 0 Å².